The molecule has 3 amide bonds. The number of para-hydroxylation sites is 1. The van der Waals surface area contributed by atoms with Crippen molar-refractivity contribution >= 4 is 29.0 Å². The van der Waals surface area contributed by atoms with Gasteiger partial charge in [-0.1, -0.05) is 36.4 Å². The van der Waals surface area contributed by atoms with Crippen LogP contribution < -0.4 is 15.5 Å². The number of amides is 3. The van der Waals surface area contributed by atoms with Crippen LogP contribution in [0.5, 0.6) is 0 Å². The number of hydrogen-bond donors (Lipinski definition) is 2. The molecule has 1 aliphatic heterocycles. The fraction of sp³-hybridized carbons (Fsp3) is 0.125. The first-order valence-corrected chi connectivity index (χ1v) is 9.89. The summed E-state index contributed by atoms with van der Waals surface area (Å²) < 4.78 is 28.4. The van der Waals surface area contributed by atoms with Crippen molar-refractivity contribution in [2.75, 3.05) is 17.3 Å². The largest absolute Gasteiger partial charge is 0.321 e. The second kappa shape index (κ2) is 8.58. The Hall–Kier alpha value is -4.07. The van der Waals surface area contributed by atoms with E-state index in [2.05, 4.69) is 15.6 Å². The van der Waals surface area contributed by atoms with E-state index in [0.29, 0.717) is 11.3 Å². The molecule has 162 valence electrons. The van der Waals surface area contributed by atoms with Gasteiger partial charge in [-0.15, -0.1) is 0 Å². The minimum Gasteiger partial charge on any atom is -0.311 e. The summed E-state index contributed by atoms with van der Waals surface area (Å²) >= 11 is 0. The predicted molar refractivity (Wildman–Crippen MR) is 119 cm³/mol. The second-order valence-corrected chi connectivity index (χ2v) is 7.29. The lowest BCUT2D eigenvalue weighted by Crippen LogP contribution is -2.47. The molecule has 4 rings (SSSR count). The number of nitrogens with one attached hydrogen (secondary N) is 2. The van der Waals surface area contributed by atoms with Crippen LogP contribution in [0.15, 0.2) is 71.7 Å². The molecule has 1 heterocycles. The van der Waals surface area contributed by atoms with Gasteiger partial charge < -0.3 is 15.5 Å². The van der Waals surface area contributed by atoms with Crippen LogP contribution in [0, 0.1) is 18.6 Å². The summed E-state index contributed by atoms with van der Waals surface area (Å²) in [6.45, 7) is 1.53. The number of benzodiazepines with no additional fused rings is 1. The maximum Gasteiger partial charge on any atom is 0.321 e. The molecule has 0 aliphatic carbocycles. The monoisotopic (exact) mass is 434 g/mol. The molecule has 0 spiro atoms. The smallest absolute Gasteiger partial charge is 0.311 e. The summed E-state index contributed by atoms with van der Waals surface area (Å²) in [6, 6.07) is 16.6. The highest BCUT2D eigenvalue weighted by Gasteiger charge is 2.31. The standard InChI is InChI=1S/C24H20F2N4O2/c1-14-17(25)11-7-12-19(14)27-24(32)29-22-23(31)30(2)20-13-6-4-9-16(20)21(28-22)15-8-3-5-10-18(15)26/h3-13,22H,1-2H3,(H2,27,29,32). The van der Waals surface area contributed by atoms with E-state index < -0.39 is 29.7 Å². The second-order valence-electron chi connectivity index (χ2n) is 7.29. The molecule has 0 radical (unpaired) electrons. The first-order chi connectivity index (χ1) is 15.4. The van der Waals surface area contributed by atoms with Crippen molar-refractivity contribution in [1.29, 1.82) is 0 Å². The normalized spacial score (nSPS) is 15.5. The first-order valence-electron chi connectivity index (χ1n) is 9.89. The minimum atomic E-state index is -1.32. The number of likely N-dealkylation sites (N-methyl/N-ethyl adjacent to an activating group) is 1. The number of halogens is 2. The quantitative estimate of drug-likeness (QED) is 0.647. The zero-order valence-electron chi connectivity index (χ0n) is 17.4. The molecule has 3 aromatic rings. The number of urea groups is 1. The van der Waals surface area contributed by atoms with Crippen LogP contribution in [-0.4, -0.2) is 30.9 Å². The van der Waals surface area contributed by atoms with Crippen molar-refractivity contribution in [3.63, 3.8) is 0 Å². The highest BCUT2D eigenvalue weighted by atomic mass is 19.1. The van der Waals surface area contributed by atoms with Crippen molar-refractivity contribution in [2.24, 2.45) is 4.99 Å². The molecule has 0 bridgehead atoms. The summed E-state index contributed by atoms with van der Waals surface area (Å²) in [6.07, 6.45) is -1.32. The molecule has 0 aromatic heterocycles. The van der Waals surface area contributed by atoms with Gasteiger partial charge in [-0.3, -0.25) is 4.79 Å². The summed E-state index contributed by atoms with van der Waals surface area (Å²) in [5.41, 5.74) is 2.05. The summed E-state index contributed by atoms with van der Waals surface area (Å²) in [5.74, 6) is -1.48. The van der Waals surface area contributed by atoms with Gasteiger partial charge in [0.05, 0.1) is 11.4 Å². The number of aliphatic imine (C=N–C) groups is 1. The maximum atomic E-state index is 14.6. The van der Waals surface area contributed by atoms with Crippen LogP contribution in [0.4, 0.5) is 25.0 Å². The van der Waals surface area contributed by atoms with Gasteiger partial charge in [0.25, 0.3) is 5.91 Å². The number of carbonyl (C=O) groups is 2. The Balaban J connectivity index is 1.72. The third-order valence-electron chi connectivity index (χ3n) is 5.26. The van der Waals surface area contributed by atoms with Crippen molar-refractivity contribution in [1.82, 2.24) is 5.32 Å². The zero-order valence-corrected chi connectivity index (χ0v) is 17.4. The third-order valence-corrected chi connectivity index (χ3v) is 5.26. The van der Waals surface area contributed by atoms with Crippen molar-refractivity contribution in [3.05, 3.63) is 95.1 Å². The number of hydrogen-bond acceptors (Lipinski definition) is 3. The van der Waals surface area contributed by atoms with E-state index in [1.165, 1.54) is 30.0 Å². The predicted octanol–water partition coefficient (Wildman–Crippen LogP) is 4.23. The summed E-state index contributed by atoms with van der Waals surface area (Å²) in [7, 11) is 1.56. The Morgan fingerprint density at radius 1 is 0.938 bits per heavy atom. The lowest BCUT2D eigenvalue weighted by Gasteiger charge is -2.21. The molecule has 6 nitrogen and oxygen atoms in total. The van der Waals surface area contributed by atoms with E-state index in [1.807, 2.05) is 0 Å². The van der Waals surface area contributed by atoms with Gasteiger partial charge in [-0.05, 0) is 37.3 Å². The van der Waals surface area contributed by atoms with Crippen LogP contribution in [0.2, 0.25) is 0 Å². The van der Waals surface area contributed by atoms with Crippen LogP contribution in [-0.2, 0) is 4.79 Å². The number of fused-ring (bicyclic) bond motifs is 1. The van der Waals surface area contributed by atoms with E-state index in [9.17, 15) is 18.4 Å². The first kappa shape index (κ1) is 21.2. The molecule has 32 heavy (non-hydrogen) atoms. The maximum absolute atomic E-state index is 14.6. The van der Waals surface area contributed by atoms with Gasteiger partial charge in [-0.2, -0.15) is 0 Å². The SMILES string of the molecule is Cc1c(F)cccc1NC(=O)NC1N=C(c2ccccc2F)c2ccccc2N(C)C1=O. The number of anilines is 2. The molecule has 8 heteroatoms. The number of benzene rings is 3. The Labute approximate surface area is 183 Å². The van der Waals surface area contributed by atoms with Crippen molar-refractivity contribution in [3.8, 4) is 0 Å². The van der Waals surface area contributed by atoms with E-state index >= 15 is 0 Å². The van der Waals surface area contributed by atoms with E-state index in [0.717, 1.165) is 0 Å². The van der Waals surface area contributed by atoms with Crippen molar-refractivity contribution < 1.29 is 18.4 Å². The van der Waals surface area contributed by atoms with Gasteiger partial charge in [0.2, 0.25) is 6.17 Å². The highest BCUT2D eigenvalue weighted by Crippen LogP contribution is 2.28. The molecule has 1 atom stereocenters. The van der Waals surface area contributed by atoms with Crippen LogP contribution >= 0.6 is 0 Å². The number of nitrogens with zero attached hydrogens (tertiary/aromatic N) is 2. The Bertz CT molecular complexity index is 1240. The van der Waals surface area contributed by atoms with Crippen LogP contribution in [0.3, 0.4) is 0 Å². The highest BCUT2D eigenvalue weighted by molar-refractivity contribution is 6.20. The number of carbonyl (C=O) groups excluding carboxylic acids is 2. The van der Waals surface area contributed by atoms with E-state index in [-0.39, 0.29) is 22.5 Å². The van der Waals surface area contributed by atoms with Crippen LogP contribution in [0.25, 0.3) is 0 Å². The molecule has 2 N–H and O–H groups in total. The molecule has 1 aliphatic rings. The van der Waals surface area contributed by atoms with Crippen LogP contribution in [0.1, 0.15) is 16.7 Å². The molecule has 0 saturated heterocycles. The molecular formula is C24H20F2N4O2. The van der Waals surface area contributed by atoms with Gasteiger partial charge in [0, 0.05) is 29.4 Å². The Morgan fingerprint density at radius 3 is 2.34 bits per heavy atom. The van der Waals surface area contributed by atoms with Gasteiger partial charge in [0.1, 0.15) is 11.6 Å². The summed E-state index contributed by atoms with van der Waals surface area (Å²) in [4.78, 5) is 31.5. The average Bonchev–Trinajstić information content (AvgIpc) is 2.88. The molecule has 0 saturated carbocycles. The molecule has 3 aromatic carbocycles. The van der Waals surface area contributed by atoms with E-state index in [1.54, 1.807) is 55.6 Å². The fourth-order valence-electron chi connectivity index (χ4n) is 3.51. The Kier molecular flexibility index (Phi) is 5.68. The Morgan fingerprint density at radius 2 is 1.59 bits per heavy atom. The third kappa shape index (κ3) is 3.94. The summed E-state index contributed by atoms with van der Waals surface area (Å²) in [5, 5.41) is 5.05. The van der Waals surface area contributed by atoms with Crippen molar-refractivity contribution in [2.45, 2.75) is 13.1 Å². The number of rotatable bonds is 3. The molecule has 1 unspecified atom stereocenters. The topological polar surface area (TPSA) is 73.8 Å². The lowest BCUT2D eigenvalue weighted by atomic mass is 10.00. The minimum absolute atomic E-state index is 0.205. The molecule has 0 fully saturated rings. The lowest BCUT2D eigenvalue weighted by molar-refractivity contribution is -0.119. The molecular weight excluding hydrogens is 414 g/mol. The van der Waals surface area contributed by atoms with Gasteiger partial charge >= 0.3 is 6.03 Å². The van der Waals surface area contributed by atoms with Gasteiger partial charge in [0.15, 0.2) is 0 Å². The average molecular weight is 434 g/mol. The zero-order chi connectivity index (χ0) is 22.8. The van der Waals surface area contributed by atoms with E-state index in [4.69, 9.17) is 0 Å². The van der Waals surface area contributed by atoms with Gasteiger partial charge in [-0.25, -0.2) is 18.6 Å². The fourth-order valence-corrected chi connectivity index (χ4v) is 3.51.